The number of rotatable bonds is 5. The van der Waals surface area contributed by atoms with Gasteiger partial charge in [-0.2, -0.15) is 0 Å². The van der Waals surface area contributed by atoms with Gasteiger partial charge in [0.1, 0.15) is 17.3 Å². The van der Waals surface area contributed by atoms with Crippen LogP contribution in [0.1, 0.15) is 16.7 Å². The Kier molecular flexibility index (Phi) is 4.53. The van der Waals surface area contributed by atoms with E-state index in [9.17, 15) is 0 Å². The summed E-state index contributed by atoms with van der Waals surface area (Å²) in [4.78, 5) is 4.49. The van der Waals surface area contributed by atoms with Gasteiger partial charge in [0.15, 0.2) is 0 Å². The summed E-state index contributed by atoms with van der Waals surface area (Å²) in [5.41, 5.74) is 8.38. The van der Waals surface area contributed by atoms with Gasteiger partial charge >= 0.3 is 0 Å². The number of pyridine rings is 1. The highest BCUT2D eigenvalue weighted by Crippen LogP contribution is 2.20. The van der Waals surface area contributed by atoms with Gasteiger partial charge in [-0.1, -0.05) is 24.4 Å². The van der Waals surface area contributed by atoms with Crippen LogP contribution in [-0.4, -0.2) is 17.1 Å². The predicted octanol–water partition coefficient (Wildman–Crippen LogP) is 2.61. The van der Waals surface area contributed by atoms with E-state index in [-0.39, 0.29) is 0 Å². The van der Waals surface area contributed by atoms with Gasteiger partial charge in [-0.15, -0.1) is 0 Å². The summed E-state index contributed by atoms with van der Waals surface area (Å²) in [5.74, 6) is 1.28. The maximum Gasteiger partial charge on any atom is 0.224 e. The summed E-state index contributed by atoms with van der Waals surface area (Å²) in [6.45, 7) is 2.33. The maximum atomic E-state index is 5.72. The Labute approximate surface area is 123 Å². The molecule has 20 heavy (non-hydrogen) atoms. The van der Waals surface area contributed by atoms with Crippen molar-refractivity contribution in [2.24, 2.45) is 5.73 Å². The SMILES string of the molecule is COc1ccc(COc2nccc(C)c2C(N)=S)cc1. The molecule has 0 spiro atoms. The van der Waals surface area contributed by atoms with E-state index in [0.717, 1.165) is 16.9 Å². The first-order valence-electron chi connectivity index (χ1n) is 6.13. The third-order valence-corrected chi connectivity index (χ3v) is 3.11. The molecule has 2 N–H and O–H groups in total. The lowest BCUT2D eigenvalue weighted by molar-refractivity contribution is 0.293. The standard InChI is InChI=1S/C15H16N2O2S/c1-10-7-8-17-15(13(10)14(16)20)19-9-11-3-5-12(18-2)6-4-11/h3-8H,9H2,1-2H3,(H2,16,20). The monoisotopic (exact) mass is 288 g/mol. The molecule has 0 atom stereocenters. The first-order valence-corrected chi connectivity index (χ1v) is 6.53. The summed E-state index contributed by atoms with van der Waals surface area (Å²) < 4.78 is 10.8. The Morgan fingerprint density at radius 1 is 1.25 bits per heavy atom. The number of ether oxygens (including phenoxy) is 2. The van der Waals surface area contributed by atoms with Crippen LogP contribution in [0.25, 0.3) is 0 Å². The van der Waals surface area contributed by atoms with Crippen LogP contribution >= 0.6 is 12.2 Å². The van der Waals surface area contributed by atoms with Crippen LogP contribution in [0.5, 0.6) is 11.6 Å². The van der Waals surface area contributed by atoms with E-state index in [1.54, 1.807) is 13.3 Å². The molecule has 2 rings (SSSR count). The zero-order chi connectivity index (χ0) is 14.5. The van der Waals surface area contributed by atoms with Crippen molar-refractivity contribution < 1.29 is 9.47 Å². The topological polar surface area (TPSA) is 57.4 Å². The molecule has 5 heteroatoms. The second-order valence-corrected chi connectivity index (χ2v) is 4.75. The second-order valence-electron chi connectivity index (χ2n) is 4.31. The highest BCUT2D eigenvalue weighted by Gasteiger charge is 2.11. The van der Waals surface area contributed by atoms with Crippen molar-refractivity contribution in [3.63, 3.8) is 0 Å². The maximum absolute atomic E-state index is 5.72. The first kappa shape index (κ1) is 14.3. The minimum Gasteiger partial charge on any atom is -0.497 e. The number of nitrogens with zero attached hydrogens (tertiary/aromatic N) is 1. The molecule has 0 bridgehead atoms. The van der Waals surface area contributed by atoms with Crippen molar-refractivity contribution in [2.75, 3.05) is 7.11 Å². The Morgan fingerprint density at radius 2 is 1.95 bits per heavy atom. The molecule has 2 aromatic rings. The Hall–Kier alpha value is -2.14. The van der Waals surface area contributed by atoms with Crippen LogP contribution in [-0.2, 0) is 6.61 Å². The normalized spacial score (nSPS) is 10.1. The van der Waals surface area contributed by atoms with E-state index < -0.39 is 0 Å². The van der Waals surface area contributed by atoms with Crippen LogP contribution in [0.4, 0.5) is 0 Å². The van der Waals surface area contributed by atoms with Crippen LogP contribution in [0.2, 0.25) is 0 Å². The zero-order valence-electron chi connectivity index (χ0n) is 11.4. The van der Waals surface area contributed by atoms with Crippen molar-refractivity contribution in [3.8, 4) is 11.6 Å². The van der Waals surface area contributed by atoms with E-state index in [4.69, 9.17) is 27.4 Å². The molecule has 0 aliphatic carbocycles. The molecule has 0 saturated carbocycles. The van der Waals surface area contributed by atoms with Crippen LogP contribution in [0.3, 0.4) is 0 Å². The summed E-state index contributed by atoms with van der Waals surface area (Å²) in [6, 6.07) is 9.51. The van der Waals surface area contributed by atoms with Gasteiger partial charge in [0.2, 0.25) is 5.88 Å². The number of thiocarbonyl (C=S) groups is 1. The van der Waals surface area contributed by atoms with Gasteiger partial charge < -0.3 is 15.2 Å². The Balaban J connectivity index is 2.14. The number of methoxy groups -OCH3 is 1. The number of aryl methyl sites for hydroxylation is 1. The molecule has 0 aliphatic heterocycles. The molecule has 0 fully saturated rings. The van der Waals surface area contributed by atoms with Crippen molar-refractivity contribution in [3.05, 3.63) is 53.2 Å². The summed E-state index contributed by atoms with van der Waals surface area (Å²) in [7, 11) is 1.64. The van der Waals surface area contributed by atoms with Crippen molar-refractivity contribution in [2.45, 2.75) is 13.5 Å². The van der Waals surface area contributed by atoms with Crippen molar-refractivity contribution in [1.82, 2.24) is 4.98 Å². The Bertz CT molecular complexity index is 612. The van der Waals surface area contributed by atoms with E-state index in [1.807, 2.05) is 37.3 Å². The van der Waals surface area contributed by atoms with Crippen LogP contribution in [0.15, 0.2) is 36.5 Å². The molecular formula is C15H16N2O2S. The van der Waals surface area contributed by atoms with E-state index in [1.165, 1.54) is 0 Å². The molecule has 104 valence electrons. The molecule has 4 nitrogen and oxygen atoms in total. The predicted molar refractivity (Wildman–Crippen MR) is 82.2 cm³/mol. The molecule has 1 aromatic heterocycles. The zero-order valence-corrected chi connectivity index (χ0v) is 12.2. The fourth-order valence-electron chi connectivity index (χ4n) is 1.82. The van der Waals surface area contributed by atoms with Crippen LogP contribution in [0, 0.1) is 6.92 Å². The molecular weight excluding hydrogens is 272 g/mol. The largest absolute Gasteiger partial charge is 0.497 e. The van der Waals surface area contributed by atoms with Gasteiger partial charge in [-0.05, 0) is 36.2 Å². The smallest absolute Gasteiger partial charge is 0.224 e. The van der Waals surface area contributed by atoms with Gasteiger partial charge in [0, 0.05) is 6.20 Å². The van der Waals surface area contributed by atoms with Crippen molar-refractivity contribution in [1.29, 1.82) is 0 Å². The number of nitrogens with two attached hydrogens (primary N) is 1. The average Bonchev–Trinajstić information content (AvgIpc) is 2.45. The minimum atomic E-state index is 0.292. The van der Waals surface area contributed by atoms with Gasteiger partial charge in [-0.25, -0.2) is 4.98 Å². The fourth-order valence-corrected chi connectivity index (χ4v) is 2.06. The summed E-state index contributed by atoms with van der Waals surface area (Å²) in [6.07, 6.45) is 1.68. The number of benzene rings is 1. The van der Waals surface area contributed by atoms with E-state index in [2.05, 4.69) is 4.98 Å². The molecule has 0 unspecified atom stereocenters. The average molecular weight is 288 g/mol. The fraction of sp³-hybridized carbons (Fsp3) is 0.200. The number of aromatic nitrogens is 1. The molecule has 0 radical (unpaired) electrons. The molecule has 1 heterocycles. The highest BCUT2D eigenvalue weighted by atomic mass is 32.1. The van der Waals surface area contributed by atoms with Crippen molar-refractivity contribution >= 4 is 17.2 Å². The molecule has 1 aromatic carbocycles. The Morgan fingerprint density at radius 3 is 2.55 bits per heavy atom. The lowest BCUT2D eigenvalue weighted by atomic mass is 10.1. The number of hydrogen-bond donors (Lipinski definition) is 1. The lowest BCUT2D eigenvalue weighted by Crippen LogP contribution is -2.14. The van der Waals surface area contributed by atoms with Gasteiger partial charge in [-0.3, -0.25) is 0 Å². The van der Waals surface area contributed by atoms with Gasteiger partial charge in [0.25, 0.3) is 0 Å². The molecule has 0 aliphatic rings. The summed E-state index contributed by atoms with van der Waals surface area (Å²) in [5, 5.41) is 0. The van der Waals surface area contributed by atoms with Crippen LogP contribution < -0.4 is 15.2 Å². The second kappa shape index (κ2) is 6.34. The first-order chi connectivity index (χ1) is 9.61. The molecule has 0 saturated heterocycles. The van der Waals surface area contributed by atoms with Gasteiger partial charge in [0.05, 0.1) is 12.7 Å². The highest BCUT2D eigenvalue weighted by molar-refractivity contribution is 7.80. The minimum absolute atomic E-state index is 0.292. The third kappa shape index (κ3) is 3.24. The quantitative estimate of drug-likeness (QED) is 0.857. The van der Waals surface area contributed by atoms with E-state index in [0.29, 0.717) is 23.0 Å². The number of hydrogen-bond acceptors (Lipinski definition) is 4. The summed E-state index contributed by atoms with van der Waals surface area (Å²) >= 11 is 5.04. The third-order valence-electron chi connectivity index (χ3n) is 2.91. The molecule has 0 amide bonds. The lowest BCUT2D eigenvalue weighted by Gasteiger charge is -2.11. The van der Waals surface area contributed by atoms with E-state index >= 15 is 0 Å².